The van der Waals surface area contributed by atoms with Gasteiger partial charge in [0.2, 0.25) is 0 Å². The molecule has 5 atom stereocenters. The summed E-state index contributed by atoms with van der Waals surface area (Å²) < 4.78 is 7.52. The predicted octanol–water partition coefficient (Wildman–Crippen LogP) is 0.593. The van der Waals surface area contributed by atoms with E-state index in [2.05, 4.69) is 20.3 Å². The van der Waals surface area contributed by atoms with Gasteiger partial charge in [-0.2, -0.15) is 11.8 Å². The first-order chi connectivity index (χ1) is 16.0. The highest BCUT2D eigenvalue weighted by atomic mass is 32.2. The van der Waals surface area contributed by atoms with Crippen molar-refractivity contribution < 1.29 is 24.9 Å². The van der Waals surface area contributed by atoms with Crippen LogP contribution in [0.15, 0.2) is 43.0 Å². The normalized spacial score (nSPS) is 23.6. The molecule has 11 nitrogen and oxygen atoms in total. The van der Waals surface area contributed by atoms with Crippen LogP contribution in [0.3, 0.4) is 0 Å². The van der Waals surface area contributed by atoms with Crippen molar-refractivity contribution >= 4 is 34.7 Å². The Bertz CT molecular complexity index is 1080. The standard InChI is InChI=1S/C21H26N6O5S/c22-13(21(30)31)6-7-33-9-14-16(28)17(29)20(32-14)27-11-26-15-18(24-10-25-19(15)27)23-8-12-4-2-1-3-5-12/h1-5,10-11,13-14,16-17,20,28-29H,6-9,22H2,(H,30,31)(H,23,24,25)/t13-,14-,16-,17-,20-/m1/s1. The molecule has 0 saturated carbocycles. The second-order valence-electron chi connectivity index (χ2n) is 7.74. The average Bonchev–Trinajstić information content (AvgIpc) is 3.37. The van der Waals surface area contributed by atoms with Crippen molar-refractivity contribution in [2.24, 2.45) is 5.73 Å². The molecule has 1 aliphatic rings. The number of aromatic nitrogens is 4. The maximum absolute atomic E-state index is 10.8. The topological polar surface area (TPSA) is 169 Å². The Morgan fingerprint density at radius 2 is 2.00 bits per heavy atom. The first kappa shape index (κ1) is 23.4. The average molecular weight is 475 g/mol. The first-order valence-electron chi connectivity index (χ1n) is 10.5. The lowest BCUT2D eigenvalue weighted by Crippen LogP contribution is -2.33. The number of anilines is 1. The molecule has 0 aliphatic carbocycles. The number of fused-ring (bicyclic) bond motifs is 1. The number of carboxylic acids is 1. The van der Waals surface area contributed by atoms with Crippen molar-refractivity contribution in [2.75, 3.05) is 16.8 Å². The summed E-state index contributed by atoms with van der Waals surface area (Å²) in [4.78, 5) is 23.8. The molecule has 1 saturated heterocycles. The number of aliphatic carboxylic acids is 1. The summed E-state index contributed by atoms with van der Waals surface area (Å²) in [6.45, 7) is 0.561. The fourth-order valence-electron chi connectivity index (χ4n) is 3.58. The summed E-state index contributed by atoms with van der Waals surface area (Å²) in [6, 6.07) is 8.95. The number of rotatable bonds is 10. The van der Waals surface area contributed by atoms with E-state index in [9.17, 15) is 15.0 Å². The Morgan fingerprint density at radius 3 is 2.76 bits per heavy atom. The smallest absolute Gasteiger partial charge is 0.320 e. The highest BCUT2D eigenvalue weighted by Gasteiger charge is 2.44. The third-order valence-corrected chi connectivity index (χ3v) is 6.53. The summed E-state index contributed by atoms with van der Waals surface area (Å²) in [5.41, 5.74) is 7.59. The lowest BCUT2D eigenvalue weighted by Gasteiger charge is -2.16. The number of hydrogen-bond donors (Lipinski definition) is 5. The van der Waals surface area contributed by atoms with Gasteiger partial charge in [0.15, 0.2) is 23.2 Å². The number of carbonyl (C=O) groups is 1. The maximum Gasteiger partial charge on any atom is 0.320 e. The molecule has 33 heavy (non-hydrogen) atoms. The Balaban J connectivity index is 1.42. The summed E-state index contributed by atoms with van der Waals surface area (Å²) in [5.74, 6) is 0.387. The molecule has 3 aromatic rings. The van der Waals surface area contributed by atoms with E-state index in [1.807, 2.05) is 30.3 Å². The number of benzene rings is 1. The van der Waals surface area contributed by atoms with Gasteiger partial charge in [-0.15, -0.1) is 0 Å². The third kappa shape index (κ3) is 5.25. The largest absolute Gasteiger partial charge is 0.480 e. The SMILES string of the molecule is N[C@H](CCSC[C@H]1O[C@@H](n2cnc3c(NCc4ccccc4)ncnc32)[C@H](O)[C@@H]1O)C(=O)O. The summed E-state index contributed by atoms with van der Waals surface area (Å²) in [7, 11) is 0. The van der Waals surface area contributed by atoms with Gasteiger partial charge in [-0.05, 0) is 17.7 Å². The Labute approximate surface area is 194 Å². The minimum atomic E-state index is -1.18. The second-order valence-corrected chi connectivity index (χ2v) is 8.89. The van der Waals surface area contributed by atoms with E-state index in [1.54, 1.807) is 4.57 Å². The molecule has 176 valence electrons. The number of aliphatic hydroxyl groups excluding tert-OH is 2. The molecule has 0 unspecified atom stereocenters. The molecule has 12 heteroatoms. The van der Waals surface area contributed by atoms with Crippen molar-refractivity contribution in [3.05, 3.63) is 48.5 Å². The fourth-order valence-corrected chi connectivity index (χ4v) is 4.67. The van der Waals surface area contributed by atoms with Crippen molar-refractivity contribution in [3.8, 4) is 0 Å². The minimum absolute atomic E-state index is 0.302. The number of ether oxygens (including phenoxy) is 1. The number of carboxylic acid groups (broad SMARTS) is 1. The number of nitrogens with one attached hydrogen (secondary N) is 1. The highest BCUT2D eigenvalue weighted by Crippen LogP contribution is 2.33. The number of aliphatic hydroxyl groups is 2. The molecular weight excluding hydrogens is 448 g/mol. The lowest BCUT2D eigenvalue weighted by molar-refractivity contribution is -0.138. The van der Waals surface area contributed by atoms with Crippen molar-refractivity contribution in [3.63, 3.8) is 0 Å². The van der Waals surface area contributed by atoms with E-state index in [4.69, 9.17) is 15.6 Å². The van der Waals surface area contributed by atoms with Crippen LogP contribution in [0.2, 0.25) is 0 Å². The molecule has 0 radical (unpaired) electrons. The molecular formula is C21H26N6O5S. The van der Waals surface area contributed by atoms with Crippen LogP contribution in [0.5, 0.6) is 0 Å². The van der Waals surface area contributed by atoms with Crippen LogP contribution in [0.1, 0.15) is 18.2 Å². The molecule has 1 fully saturated rings. The zero-order chi connectivity index (χ0) is 23.4. The van der Waals surface area contributed by atoms with E-state index in [0.717, 1.165) is 5.56 Å². The number of thioether (sulfide) groups is 1. The summed E-state index contributed by atoms with van der Waals surface area (Å²) >= 11 is 1.41. The van der Waals surface area contributed by atoms with Crippen LogP contribution >= 0.6 is 11.8 Å². The van der Waals surface area contributed by atoms with E-state index >= 15 is 0 Å². The van der Waals surface area contributed by atoms with Crippen molar-refractivity contribution in [1.29, 1.82) is 0 Å². The van der Waals surface area contributed by atoms with Gasteiger partial charge in [0.05, 0.1) is 12.4 Å². The third-order valence-electron chi connectivity index (χ3n) is 5.45. The van der Waals surface area contributed by atoms with Crippen LogP contribution < -0.4 is 11.1 Å². The summed E-state index contributed by atoms with van der Waals surface area (Å²) in [6.07, 6.45) is -0.564. The monoisotopic (exact) mass is 474 g/mol. The van der Waals surface area contributed by atoms with Crippen LogP contribution in [0.25, 0.3) is 11.2 Å². The van der Waals surface area contributed by atoms with Crippen LogP contribution in [-0.2, 0) is 16.1 Å². The molecule has 2 aromatic heterocycles. The molecule has 4 rings (SSSR count). The van der Waals surface area contributed by atoms with Gasteiger partial charge >= 0.3 is 5.97 Å². The number of nitrogens with zero attached hydrogens (tertiary/aromatic N) is 4. The van der Waals surface area contributed by atoms with Gasteiger partial charge in [-0.3, -0.25) is 9.36 Å². The van der Waals surface area contributed by atoms with Gasteiger partial charge in [0, 0.05) is 12.3 Å². The van der Waals surface area contributed by atoms with Gasteiger partial charge in [-0.1, -0.05) is 30.3 Å². The molecule has 3 heterocycles. The van der Waals surface area contributed by atoms with E-state index in [1.165, 1.54) is 24.4 Å². The van der Waals surface area contributed by atoms with E-state index < -0.39 is 36.6 Å². The molecule has 1 aliphatic heterocycles. The zero-order valence-electron chi connectivity index (χ0n) is 17.7. The van der Waals surface area contributed by atoms with Gasteiger partial charge < -0.3 is 31.1 Å². The van der Waals surface area contributed by atoms with Gasteiger partial charge in [-0.25, -0.2) is 15.0 Å². The predicted molar refractivity (Wildman–Crippen MR) is 123 cm³/mol. The Hall–Kier alpha value is -2.77. The molecule has 1 aromatic carbocycles. The van der Waals surface area contributed by atoms with E-state index in [0.29, 0.717) is 41.5 Å². The first-order valence-corrected chi connectivity index (χ1v) is 11.6. The van der Waals surface area contributed by atoms with Gasteiger partial charge in [0.25, 0.3) is 0 Å². The van der Waals surface area contributed by atoms with Crippen LogP contribution in [0, 0.1) is 0 Å². The van der Waals surface area contributed by atoms with Crippen LogP contribution in [0.4, 0.5) is 5.82 Å². The minimum Gasteiger partial charge on any atom is -0.480 e. The fraction of sp³-hybridized carbons (Fsp3) is 0.429. The van der Waals surface area contributed by atoms with Crippen LogP contribution in [-0.4, -0.2) is 76.7 Å². The maximum atomic E-state index is 10.8. The quantitative estimate of drug-likeness (QED) is 0.261. The Morgan fingerprint density at radius 1 is 1.21 bits per heavy atom. The second kappa shape index (κ2) is 10.4. The number of imidazole rings is 1. The lowest BCUT2D eigenvalue weighted by atomic mass is 10.1. The molecule has 6 N–H and O–H groups in total. The molecule has 0 amide bonds. The van der Waals surface area contributed by atoms with Crippen molar-refractivity contribution in [1.82, 2.24) is 19.5 Å². The number of nitrogens with two attached hydrogens (primary N) is 1. The van der Waals surface area contributed by atoms with Gasteiger partial charge in [0.1, 0.15) is 24.6 Å². The molecule has 0 bridgehead atoms. The van der Waals surface area contributed by atoms with E-state index in [-0.39, 0.29) is 0 Å². The summed E-state index contributed by atoms with van der Waals surface area (Å²) in [5, 5.41) is 33.2. The Kier molecular flexibility index (Phi) is 7.40. The number of hydrogen-bond acceptors (Lipinski definition) is 10. The zero-order valence-corrected chi connectivity index (χ0v) is 18.5. The molecule has 0 spiro atoms. The van der Waals surface area contributed by atoms with Crippen molar-refractivity contribution in [2.45, 2.75) is 43.5 Å². The highest BCUT2D eigenvalue weighted by molar-refractivity contribution is 7.99.